The van der Waals surface area contributed by atoms with Gasteiger partial charge in [-0.3, -0.25) is 4.79 Å². The Morgan fingerprint density at radius 3 is 2.42 bits per heavy atom. The van der Waals surface area contributed by atoms with E-state index >= 15 is 0 Å². The van der Waals surface area contributed by atoms with Crippen molar-refractivity contribution < 1.29 is 9.18 Å². The molecule has 0 aliphatic heterocycles. The summed E-state index contributed by atoms with van der Waals surface area (Å²) in [6.45, 7) is 0. The highest BCUT2D eigenvalue weighted by Gasteiger charge is 2.07. The molecular weight excluding hydrogens is 373 g/mol. The first-order chi connectivity index (χ1) is 11.6. The molecule has 2 N–H and O–H groups in total. The van der Waals surface area contributed by atoms with E-state index in [-0.39, 0.29) is 11.5 Å². The fraction of sp³-hybridized carbons (Fsp3) is 0. The lowest BCUT2D eigenvalue weighted by Crippen LogP contribution is -2.12. The molecule has 0 saturated carbocycles. The van der Waals surface area contributed by atoms with E-state index in [1.165, 1.54) is 18.2 Å². The van der Waals surface area contributed by atoms with Gasteiger partial charge >= 0.3 is 0 Å². The highest BCUT2D eigenvalue weighted by atomic mass is 79.9. The van der Waals surface area contributed by atoms with Gasteiger partial charge in [-0.1, -0.05) is 22.0 Å². The largest absolute Gasteiger partial charge is 0.340 e. The number of hydrogen-bond donors (Lipinski definition) is 2. The molecule has 1 amide bonds. The summed E-state index contributed by atoms with van der Waals surface area (Å²) in [7, 11) is 0. The van der Waals surface area contributed by atoms with Gasteiger partial charge in [0.25, 0.3) is 5.91 Å². The van der Waals surface area contributed by atoms with Gasteiger partial charge in [0.15, 0.2) is 0 Å². The maximum atomic E-state index is 13.1. The van der Waals surface area contributed by atoms with Crippen LogP contribution in [-0.4, -0.2) is 10.9 Å². The van der Waals surface area contributed by atoms with Gasteiger partial charge in [0.2, 0.25) is 0 Å². The lowest BCUT2D eigenvalue weighted by Gasteiger charge is -2.08. The van der Waals surface area contributed by atoms with Crippen molar-refractivity contribution in [3.8, 4) is 0 Å². The Labute approximate surface area is 146 Å². The molecular formula is C18H13BrFN3O. The first-order valence-electron chi connectivity index (χ1n) is 7.16. The van der Waals surface area contributed by atoms with Gasteiger partial charge in [-0.2, -0.15) is 0 Å². The summed E-state index contributed by atoms with van der Waals surface area (Å²) in [4.78, 5) is 16.3. The molecule has 3 aromatic rings. The number of halogens is 2. The zero-order valence-corrected chi connectivity index (χ0v) is 14.0. The molecule has 3 rings (SSSR count). The number of rotatable bonds is 4. The van der Waals surface area contributed by atoms with Crippen molar-refractivity contribution in [3.63, 3.8) is 0 Å². The van der Waals surface area contributed by atoms with Crippen molar-refractivity contribution in [1.29, 1.82) is 0 Å². The highest BCUT2D eigenvalue weighted by molar-refractivity contribution is 9.10. The number of carbonyl (C=O) groups is 1. The molecule has 1 heterocycles. The summed E-state index contributed by atoms with van der Waals surface area (Å²) in [6, 6.07) is 16.7. The van der Waals surface area contributed by atoms with Gasteiger partial charge in [-0.25, -0.2) is 9.37 Å². The number of aromatic nitrogens is 1. The molecule has 0 fully saturated rings. The number of nitrogens with zero attached hydrogens (tertiary/aromatic N) is 1. The summed E-state index contributed by atoms with van der Waals surface area (Å²) >= 11 is 3.38. The predicted molar refractivity (Wildman–Crippen MR) is 96.0 cm³/mol. The van der Waals surface area contributed by atoms with E-state index in [1.54, 1.807) is 24.4 Å². The molecule has 2 aromatic carbocycles. The molecule has 0 atom stereocenters. The van der Waals surface area contributed by atoms with Crippen LogP contribution in [0, 0.1) is 5.82 Å². The molecule has 0 aliphatic carbocycles. The van der Waals surface area contributed by atoms with Crippen LogP contribution >= 0.6 is 15.9 Å². The van der Waals surface area contributed by atoms with E-state index in [0.29, 0.717) is 11.5 Å². The molecule has 120 valence electrons. The van der Waals surface area contributed by atoms with Gasteiger partial charge in [0.05, 0.1) is 11.9 Å². The summed E-state index contributed by atoms with van der Waals surface area (Å²) in [5.41, 5.74) is 1.69. The van der Waals surface area contributed by atoms with Crippen molar-refractivity contribution >= 4 is 39.0 Å². The van der Waals surface area contributed by atoms with E-state index in [4.69, 9.17) is 0 Å². The first kappa shape index (κ1) is 16.1. The smallest absolute Gasteiger partial charge is 0.255 e. The van der Waals surface area contributed by atoms with Crippen LogP contribution in [0.1, 0.15) is 10.4 Å². The Kier molecular flexibility index (Phi) is 4.86. The Morgan fingerprint density at radius 2 is 1.75 bits per heavy atom. The Balaban J connectivity index is 1.66. The minimum atomic E-state index is -0.449. The van der Waals surface area contributed by atoms with E-state index in [2.05, 4.69) is 31.5 Å². The van der Waals surface area contributed by atoms with Crippen LogP contribution in [0.25, 0.3) is 0 Å². The second kappa shape index (κ2) is 7.23. The first-order valence-corrected chi connectivity index (χ1v) is 7.95. The normalized spacial score (nSPS) is 10.2. The molecule has 0 aliphatic rings. The Bertz CT molecular complexity index is 851. The van der Waals surface area contributed by atoms with Gasteiger partial charge in [-0.15, -0.1) is 0 Å². The number of anilines is 3. The summed E-state index contributed by atoms with van der Waals surface area (Å²) < 4.78 is 14.1. The van der Waals surface area contributed by atoms with Gasteiger partial charge in [0.1, 0.15) is 11.6 Å². The van der Waals surface area contributed by atoms with Gasteiger partial charge in [-0.05, 0) is 54.6 Å². The monoisotopic (exact) mass is 385 g/mol. The number of hydrogen-bond acceptors (Lipinski definition) is 3. The second-order valence-corrected chi connectivity index (χ2v) is 5.94. The molecule has 0 radical (unpaired) electrons. The van der Waals surface area contributed by atoms with Crippen molar-refractivity contribution in [3.05, 3.63) is 82.7 Å². The van der Waals surface area contributed by atoms with Gasteiger partial charge in [0, 0.05) is 15.7 Å². The van der Waals surface area contributed by atoms with Crippen LogP contribution in [0.2, 0.25) is 0 Å². The number of nitrogens with one attached hydrogen (secondary N) is 2. The fourth-order valence-electron chi connectivity index (χ4n) is 2.06. The topological polar surface area (TPSA) is 54.0 Å². The molecule has 4 nitrogen and oxygen atoms in total. The van der Waals surface area contributed by atoms with Crippen molar-refractivity contribution in [1.82, 2.24) is 4.98 Å². The second-order valence-electron chi connectivity index (χ2n) is 5.03. The number of benzene rings is 2. The lowest BCUT2D eigenvalue weighted by atomic mass is 10.2. The SMILES string of the molecule is O=C(Nc1ccc(Nc2ccc(Br)cc2)nc1)c1cccc(F)c1. The third-order valence-electron chi connectivity index (χ3n) is 3.22. The van der Waals surface area contributed by atoms with E-state index < -0.39 is 5.82 Å². The Morgan fingerprint density at radius 1 is 1.00 bits per heavy atom. The average Bonchev–Trinajstić information content (AvgIpc) is 2.59. The fourth-order valence-corrected chi connectivity index (χ4v) is 2.32. The minimum absolute atomic E-state index is 0.257. The molecule has 0 unspecified atom stereocenters. The third kappa shape index (κ3) is 4.17. The van der Waals surface area contributed by atoms with Gasteiger partial charge < -0.3 is 10.6 Å². The summed E-state index contributed by atoms with van der Waals surface area (Å²) in [6.07, 6.45) is 1.54. The maximum Gasteiger partial charge on any atom is 0.255 e. The third-order valence-corrected chi connectivity index (χ3v) is 3.75. The molecule has 0 spiro atoms. The quantitative estimate of drug-likeness (QED) is 0.665. The van der Waals surface area contributed by atoms with Crippen LogP contribution in [0.15, 0.2) is 71.3 Å². The van der Waals surface area contributed by atoms with E-state index in [0.717, 1.165) is 10.2 Å². The number of amides is 1. The van der Waals surface area contributed by atoms with E-state index in [9.17, 15) is 9.18 Å². The predicted octanol–water partition coefficient (Wildman–Crippen LogP) is 4.98. The number of pyridine rings is 1. The number of carbonyl (C=O) groups excluding carboxylic acids is 1. The molecule has 6 heteroatoms. The van der Waals surface area contributed by atoms with Crippen LogP contribution < -0.4 is 10.6 Å². The van der Waals surface area contributed by atoms with Crippen molar-refractivity contribution in [2.45, 2.75) is 0 Å². The highest BCUT2D eigenvalue weighted by Crippen LogP contribution is 2.19. The minimum Gasteiger partial charge on any atom is -0.340 e. The van der Waals surface area contributed by atoms with E-state index in [1.807, 2.05) is 24.3 Å². The van der Waals surface area contributed by atoms with Crippen molar-refractivity contribution in [2.75, 3.05) is 10.6 Å². The zero-order chi connectivity index (χ0) is 16.9. The molecule has 24 heavy (non-hydrogen) atoms. The summed E-state index contributed by atoms with van der Waals surface area (Å²) in [5, 5.41) is 5.84. The maximum absolute atomic E-state index is 13.1. The zero-order valence-electron chi connectivity index (χ0n) is 12.5. The summed E-state index contributed by atoms with van der Waals surface area (Å²) in [5.74, 6) is -0.180. The molecule has 0 saturated heterocycles. The van der Waals surface area contributed by atoms with Crippen molar-refractivity contribution in [2.24, 2.45) is 0 Å². The molecule has 0 bridgehead atoms. The van der Waals surface area contributed by atoms with Crippen LogP contribution in [0.5, 0.6) is 0 Å². The van der Waals surface area contributed by atoms with Crippen LogP contribution in [-0.2, 0) is 0 Å². The van der Waals surface area contributed by atoms with Crippen LogP contribution in [0.4, 0.5) is 21.6 Å². The standard InChI is InChI=1S/C18H13BrFN3O/c19-13-4-6-15(7-5-13)22-17-9-8-16(11-21-17)23-18(24)12-2-1-3-14(20)10-12/h1-11H,(H,21,22)(H,23,24). The lowest BCUT2D eigenvalue weighted by molar-refractivity contribution is 0.102. The Hall–Kier alpha value is -2.73. The molecule has 1 aromatic heterocycles. The average molecular weight is 386 g/mol. The van der Waals surface area contributed by atoms with Crippen LogP contribution in [0.3, 0.4) is 0 Å².